The predicted molar refractivity (Wildman–Crippen MR) is 62.5 cm³/mol. The van der Waals surface area contributed by atoms with Gasteiger partial charge >= 0.3 is 0 Å². The van der Waals surface area contributed by atoms with Crippen LogP contribution in [0.3, 0.4) is 0 Å². The van der Waals surface area contributed by atoms with Crippen LogP contribution < -0.4 is 4.90 Å². The van der Waals surface area contributed by atoms with E-state index in [0.717, 1.165) is 17.8 Å². The smallest absolute Gasteiger partial charge is 0.161 e. The number of ketones is 1. The van der Waals surface area contributed by atoms with E-state index in [2.05, 4.69) is 17.9 Å². The lowest BCUT2D eigenvalue weighted by Crippen LogP contribution is -2.27. The molecule has 0 saturated carbocycles. The van der Waals surface area contributed by atoms with Crippen LogP contribution in [0.5, 0.6) is 0 Å². The van der Waals surface area contributed by atoms with Crippen LogP contribution in [-0.2, 0) is 0 Å². The van der Waals surface area contributed by atoms with Crippen molar-refractivity contribution in [2.24, 2.45) is 0 Å². The monoisotopic (exact) mass is 203 g/mol. The molecule has 1 saturated heterocycles. The first kappa shape index (κ1) is 10.2. The normalized spacial score (nSPS) is 20.7. The number of nitrogens with zero attached hydrogens (tertiary/aromatic N) is 1. The van der Waals surface area contributed by atoms with Crippen molar-refractivity contribution in [3.05, 3.63) is 29.8 Å². The van der Waals surface area contributed by atoms with Crippen LogP contribution in [0.4, 0.5) is 5.69 Å². The molecular weight excluding hydrogens is 186 g/mol. The summed E-state index contributed by atoms with van der Waals surface area (Å²) >= 11 is 0. The highest BCUT2D eigenvalue weighted by molar-refractivity contribution is 5.99. The Balaban J connectivity index is 2.38. The van der Waals surface area contributed by atoms with E-state index in [1.807, 2.05) is 18.2 Å². The van der Waals surface area contributed by atoms with Gasteiger partial charge in [-0.1, -0.05) is 12.1 Å². The second kappa shape index (κ2) is 4.05. The van der Waals surface area contributed by atoms with Gasteiger partial charge in [-0.25, -0.2) is 0 Å². The third-order valence-electron chi connectivity index (χ3n) is 3.15. The third-order valence-corrected chi connectivity index (χ3v) is 3.15. The number of Topliss-reactive ketones (excluding diaryl/α,β-unsaturated/α-hetero) is 1. The molecule has 0 aromatic heterocycles. The summed E-state index contributed by atoms with van der Waals surface area (Å²) in [6.45, 7) is 4.94. The first-order valence-corrected chi connectivity index (χ1v) is 5.57. The Labute approximate surface area is 90.9 Å². The summed E-state index contributed by atoms with van der Waals surface area (Å²) in [6.07, 6.45) is 2.46. The molecule has 2 rings (SSSR count). The van der Waals surface area contributed by atoms with Gasteiger partial charge in [0.15, 0.2) is 5.78 Å². The van der Waals surface area contributed by atoms with Crippen molar-refractivity contribution < 1.29 is 4.79 Å². The minimum Gasteiger partial charge on any atom is -0.368 e. The van der Waals surface area contributed by atoms with Crippen molar-refractivity contribution in [3.8, 4) is 0 Å². The average Bonchev–Trinajstić information content (AvgIpc) is 2.64. The number of rotatable bonds is 2. The summed E-state index contributed by atoms with van der Waals surface area (Å²) in [6, 6.07) is 8.47. The van der Waals surface area contributed by atoms with Crippen LogP contribution in [0.2, 0.25) is 0 Å². The zero-order valence-electron chi connectivity index (χ0n) is 9.36. The van der Waals surface area contributed by atoms with Crippen LogP contribution >= 0.6 is 0 Å². The van der Waals surface area contributed by atoms with Crippen LogP contribution in [0.25, 0.3) is 0 Å². The molecule has 2 heteroatoms. The van der Waals surface area contributed by atoms with Gasteiger partial charge in [0.2, 0.25) is 0 Å². The number of carbonyl (C=O) groups excluding carboxylic acids is 1. The molecule has 0 aliphatic carbocycles. The average molecular weight is 203 g/mol. The third kappa shape index (κ3) is 1.89. The topological polar surface area (TPSA) is 20.3 Å². The molecule has 1 aliphatic heterocycles. The number of carbonyl (C=O) groups is 1. The molecule has 0 bridgehead atoms. The van der Waals surface area contributed by atoms with Gasteiger partial charge in [-0.15, -0.1) is 0 Å². The lowest BCUT2D eigenvalue weighted by molar-refractivity contribution is 0.101. The Kier molecular flexibility index (Phi) is 2.76. The first-order valence-electron chi connectivity index (χ1n) is 5.57. The van der Waals surface area contributed by atoms with E-state index < -0.39 is 0 Å². The second-order valence-electron chi connectivity index (χ2n) is 4.26. The van der Waals surface area contributed by atoms with Gasteiger partial charge in [0.25, 0.3) is 0 Å². The zero-order valence-corrected chi connectivity index (χ0v) is 9.36. The van der Waals surface area contributed by atoms with E-state index in [0.29, 0.717) is 6.04 Å². The highest BCUT2D eigenvalue weighted by Gasteiger charge is 2.23. The van der Waals surface area contributed by atoms with Gasteiger partial charge in [0.1, 0.15) is 0 Å². The predicted octanol–water partition coefficient (Wildman–Crippen LogP) is 2.88. The fourth-order valence-electron chi connectivity index (χ4n) is 2.31. The maximum atomic E-state index is 11.5. The summed E-state index contributed by atoms with van der Waals surface area (Å²) in [5.74, 6) is 0.157. The van der Waals surface area contributed by atoms with E-state index in [4.69, 9.17) is 0 Å². The summed E-state index contributed by atoms with van der Waals surface area (Å²) in [5.41, 5.74) is 1.96. The van der Waals surface area contributed by atoms with Crippen LogP contribution in [0.15, 0.2) is 24.3 Å². The molecule has 1 fully saturated rings. The van der Waals surface area contributed by atoms with Crippen LogP contribution in [-0.4, -0.2) is 18.4 Å². The highest BCUT2D eigenvalue weighted by Crippen LogP contribution is 2.28. The molecule has 15 heavy (non-hydrogen) atoms. The van der Waals surface area contributed by atoms with Gasteiger partial charge in [0.05, 0.1) is 0 Å². The number of hydrogen-bond acceptors (Lipinski definition) is 2. The van der Waals surface area contributed by atoms with E-state index in [-0.39, 0.29) is 5.78 Å². The van der Waals surface area contributed by atoms with E-state index >= 15 is 0 Å². The van der Waals surface area contributed by atoms with E-state index in [1.165, 1.54) is 12.8 Å². The molecule has 2 nitrogen and oxygen atoms in total. The standard InChI is InChI=1S/C13H17NO/c1-10-6-5-9-14(10)13-8-4-3-7-12(13)11(2)15/h3-4,7-8,10H,5-6,9H2,1-2H3/t10-/m1/s1. The van der Waals surface area contributed by atoms with Gasteiger partial charge < -0.3 is 4.90 Å². The van der Waals surface area contributed by atoms with Crippen molar-refractivity contribution in [2.45, 2.75) is 32.7 Å². The maximum absolute atomic E-state index is 11.5. The maximum Gasteiger partial charge on any atom is 0.161 e. The Bertz CT molecular complexity index is 373. The fourth-order valence-corrected chi connectivity index (χ4v) is 2.31. The minimum absolute atomic E-state index is 0.157. The molecule has 1 aliphatic rings. The number of para-hydroxylation sites is 1. The molecule has 1 aromatic carbocycles. The minimum atomic E-state index is 0.157. The van der Waals surface area contributed by atoms with Crippen molar-refractivity contribution in [3.63, 3.8) is 0 Å². The fraction of sp³-hybridized carbons (Fsp3) is 0.462. The van der Waals surface area contributed by atoms with Crippen LogP contribution in [0, 0.1) is 0 Å². The molecule has 0 amide bonds. The van der Waals surface area contributed by atoms with Crippen molar-refractivity contribution in [1.82, 2.24) is 0 Å². The van der Waals surface area contributed by atoms with Crippen LogP contribution in [0.1, 0.15) is 37.0 Å². The first-order chi connectivity index (χ1) is 7.20. The molecule has 1 heterocycles. The lowest BCUT2D eigenvalue weighted by atomic mass is 10.1. The highest BCUT2D eigenvalue weighted by atomic mass is 16.1. The molecule has 1 aromatic rings. The number of hydrogen-bond donors (Lipinski definition) is 0. The summed E-state index contributed by atoms with van der Waals surface area (Å²) in [7, 11) is 0. The van der Waals surface area contributed by atoms with Crippen molar-refractivity contribution in [2.75, 3.05) is 11.4 Å². The Hall–Kier alpha value is -1.31. The van der Waals surface area contributed by atoms with Gasteiger partial charge in [-0.05, 0) is 38.8 Å². The molecule has 0 N–H and O–H groups in total. The van der Waals surface area contributed by atoms with Gasteiger partial charge in [0, 0.05) is 23.8 Å². The van der Waals surface area contributed by atoms with Crippen molar-refractivity contribution >= 4 is 11.5 Å². The molecule has 0 spiro atoms. The molecule has 0 unspecified atom stereocenters. The largest absolute Gasteiger partial charge is 0.368 e. The Morgan fingerprint density at radius 2 is 2.13 bits per heavy atom. The summed E-state index contributed by atoms with van der Waals surface area (Å²) in [5, 5.41) is 0. The lowest BCUT2D eigenvalue weighted by Gasteiger charge is -2.25. The van der Waals surface area contributed by atoms with E-state index in [9.17, 15) is 4.79 Å². The molecule has 80 valence electrons. The van der Waals surface area contributed by atoms with Crippen molar-refractivity contribution in [1.29, 1.82) is 0 Å². The molecule has 0 radical (unpaired) electrons. The molecule has 1 atom stereocenters. The summed E-state index contributed by atoms with van der Waals surface area (Å²) < 4.78 is 0. The molecular formula is C13H17NO. The zero-order chi connectivity index (χ0) is 10.8. The van der Waals surface area contributed by atoms with Gasteiger partial charge in [-0.3, -0.25) is 4.79 Å². The SMILES string of the molecule is CC(=O)c1ccccc1N1CCC[C@H]1C. The number of benzene rings is 1. The van der Waals surface area contributed by atoms with Gasteiger partial charge in [-0.2, -0.15) is 0 Å². The summed E-state index contributed by atoms with van der Waals surface area (Å²) in [4.78, 5) is 13.8. The quantitative estimate of drug-likeness (QED) is 0.689. The Morgan fingerprint density at radius 1 is 1.40 bits per heavy atom. The Morgan fingerprint density at radius 3 is 2.73 bits per heavy atom. The number of anilines is 1. The second-order valence-corrected chi connectivity index (χ2v) is 4.26. The van der Waals surface area contributed by atoms with E-state index in [1.54, 1.807) is 6.92 Å².